The Balaban J connectivity index is 1.33. The molecule has 0 radical (unpaired) electrons. The minimum atomic E-state index is -0.565. The fraction of sp³-hybridized carbons (Fsp3) is 0.160. The van der Waals surface area contributed by atoms with E-state index in [1.54, 1.807) is 42.5 Å². The highest BCUT2D eigenvalue weighted by Crippen LogP contribution is 2.26. The van der Waals surface area contributed by atoms with E-state index >= 15 is 0 Å². The van der Waals surface area contributed by atoms with Gasteiger partial charge in [-0.1, -0.05) is 43.5 Å². The topological polar surface area (TPSA) is 93.7 Å². The molecule has 0 unspecified atom stereocenters. The van der Waals surface area contributed by atoms with Crippen LogP contribution in [-0.2, 0) is 19.1 Å². The van der Waals surface area contributed by atoms with E-state index < -0.39 is 18.5 Å². The molecule has 0 fully saturated rings. The molecule has 0 bridgehead atoms. The van der Waals surface area contributed by atoms with E-state index in [2.05, 4.69) is 42.5 Å². The molecule has 0 aromatic heterocycles. The van der Waals surface area contributed by atoms with Gasteiger partial charge in [0, 0.05) is 27.5 Å². The Morgan fingerprint density at radius 2 is 1.40 bits per heavy atom. The third kappa shape index (κ3) is 9.35. The smallest absolute Gasteiger partial charge is 0.306 e. The van der Waals surface area contributed by atoms with Gasteiger partial charge < -0.3 is 20.1 Å². The van der Waals surface area contributed by atoms with Crippen molar-refractivity contribution >= 4 is 72.6 Å². The molecule has 0 spiro atoms. The normalized spacial score (nSPS) is 10.4. The Labute approximate surface area is 224 Å². The van der Waals surface area contributed by atoms with Gasteiger partial charge in [-0.25, -0.2) is 0 Å². The van der Waals surface area contributed by atoms with Gasteiger partial charge in [-0.05, 0) is 73.2 Å². The number of esters is 1. The molecule has 10 heteroatoms. The highest BCUT2D eigenvalue weighted by molar-refractivity contribution is 9.10. The second-order valence-corrected chi connectivity index (χ2v) is 9.55. The van der Waals surface area contributed by atoms with E-state index in [9.17, 15) is 14.4 Å². The van der Waals surface area contributed by atoms with Crippen molar-refractivity contribution in [1.29, 1.82) is 0 Å². The largest absolute Gasteiger partial charge is 0.457 e. The standard InChI is InChI=1S/C25H21Br2ClN2O5/c26-16-4-9-19(10-5-16)35-20-11-7-18(8-12-20)29-23(31)2-1-3-25(33)34-15-24(32)30-22-13-6-17(27)14-21(22)28/h4-14H,1-3,15H2,(H,29,31)(H,30,32). The number of anilines is 2. The Morgan fingerprint density at radius 1 is 0.771 bits per heavy atom. The van der Waals surface area contributed by atoms with Crippen molar-refractivity contribution in [2.24, 2.45) is 0 Å². The molecule has 3 aromatic rings. The zero-order chi connectivity index (χ0) is 25.2. The lowest BCUT2D eigenvalue weighted by molar-refractivity contribution is -0.147. The second kappa shape index (κ2) is 13.3. The van der Waals surface area contributed by atoms with Crippen LogP contribution in [0.1, 0.15) is 19.3 Å². The molecule has 0 aliphatic carbocycles. The lowest BCUT2D eigenvalue weighted by Crippen LogP contribution is -2.21. The van der Waals surface area contributed by atoms with Crippen LogP contribution >= 0.6 is 43.5 Å². The van der Waals surface area contributed by atoms with Gasteiger partial charge in [-0.15, -0.1) is 0 Å². The molecule has 182 valence electrons. The molecule has 2 N–H and O–H groups in total. The van der Waals surface area contributed by atoms with Crippen molar-refractivity contribution in [2.45, 2.75) is 19.3 Å². The van der Waals surface area contributed by atoms with Crippen molar-refractivity contribution in [3.8, 4) is 11.5 Å². The Kier molecular flexibility index (Phi) is 10.1. The highest BCUT2D eigenvalue weighted by atomic mass is 79.9. The fourth-order valence-corrected chi connectivity index (χ4v) is 3.84. The number of benzene rings is 3. The average Bonchev–Trinajstić information content (AvgIpc) is 2.82. The average molecular weight is 625 g/mol. The van der Waals surface area contributed by atoms with Crippen LogP contribution in [0.2, 0.25) is 5.02 Å². The lowest BCUT2D eigenvalue weighted by Gasteiger charge is -2.09. The van der Waals surface area contributed by atoms with Crippen LogP contribution in [0.3, 0.4) is 0 Å². The fourth-order valence-electron chi connectivity index (χ4n) is 2.86. The Morgan fingerprint density at radius 3 is 2.06 bits per heavy atom. The summed E-state index contributed by atoms with van der Waals surface area (Å²) in [5.74, 6) is 0.0325. The predicted molar refractivity (Wildman–Crippen MR) is 142 cm³/mol. The maximum Gasteiger partial charge on any atom is 0.306 e. The molecule has 0 heterocycles. The maximum absolute atomic E-state index is 12.1. The van der Waals surface area contributed by atoms with Crippen LogP contribution in [0.5, 0.6) is 11.5 Å². The van der Waals surface area contributed by atoms with Crippen molar-refractivity contribution in [2.75, 3.05) is 17.2 Å². The van der Waals surface area contributed by atoms with E-state index in [0.717, 1.165) is 8.95 Å². The Hall–Kier alpha value is -2.88. The zero-order valence-electron chi connectivity index (χ0n) is 18.4. The van der Waals surface area contributed by atoms with Gasteiger partial charge >= 0.3 is 5.97 Å². The van der Waals surface area contributed by atoms with Gasteiger partial charge in [0.1, 0.15) is 11.5 Å². The minimum absolute atomic E-state index is 0.0136. The number of carbonyl (C=O) groups is 3. The van der Waals surface area contributed by atoms with Crippen LogP contribution < -0.4 is 15.4 Å². The molecule has 0 saturated carbocycles. The zero-order valence-corrected chi connectivity index (χ0v) is 22.3. The minimum Gasteiger partial charge on any atom is -0.457 e. The third-order valence-corrected chi connectivity index (χ3v) is 5.88. The molecule has 35 heavy (non-hydrogen) atoms. The molecule has 0 atom stereocenters. The molecule has 0 saturated heterocycles. The molecule has 2 amide bonds. The van der Waals surface area contributed by atoms with Crippen LogP contribution in [0.15, 0.2) is 75.7 Å². The molecule has 3 rings (SSSR count). The van der Waals surface area contributed by atoms with E-state index in [1.807, 2.05) is 24.3 Å². The van der Waals surface area contributed by atoms with Gasteiger partial charge in [-0.3, -0.25) is 14.4 Å². The summed E-state index contributed by atoms with van der Waals surface area (Å²) in [4.78, 5) is 36.0. The van der Waals surface area contributed by atoms with Crippen molar-refractivity contribution in [1.82, 2.24) is 0 Å². The number of hydrogen-bond donors (Lipinski definition) is 2. The first-order valence-electron chi connectivity index (χ1n) is 10.5. The predicted octanol–water partition coefficient (Wildman–Crippen LogP) is 6.95. The van der Waals surface area contributed by atoms with E-state index in [0.29, 0.717) is 27.9 Å². The first-order valence-corrected chi connectivity index (χ1v) is 12.5. The van der Waals surface area contributed by atoms with Crippen LogP contribution in [-0.4, -0.2) is 24.4 Å². The summed E-state index contributed by atoms with van der Waals surface area (Å²) in [6.07, 6.45) is 0.433. The molecular formula is C25H21Br2ClN2O5. The number of amides is 2. The summed E-state index contributed by atoms with van der Waals surface area (Å²) in [5.41, 5.74) is 1.03. The van der Waals surface area contributed by atoms with Gasteiger partial charge in [0.15, 0.2) is 6.61 Å². The van der Waals surface area contributed by atoms with Gasteiger partial charge in [-0.2, -0.15) is 0 Å². The SMILES string of the molecule is O=C(CCCC(=O)OCC(=O)Nc1ccc(Br)cc1Cl)Nc1ccc(Oc2ccc(Br)cc2)cc1. The third-order valence-electron chi connectivity index (χ3n) is 4.54. The molecule has 0 aliphatic heterocycles. The van der Waals surface area contributed by atoms with E-state index in [-0.39, 0.29) is 25.2 Å². The number of rotatable bonds is 10. The summed E-state index contributed by atoms with van der Waals surface area (Å²) in [5, 5.41) is 5.70. The van der Waals surface area contributed by atoms with Gasteiger partial charge in [0.2, 0.25) is 5.91 Å². The second-order valence-electron chi connectivity index (χ2n) is 7.32. The highest BCUT2D eigenvalue weighted by Gasteiger charge is 2.11. The molecular weight excluding hydrogens is 604 g/mol. The van der Waals surface area contributed by atoms with E-state index in [1.165, 1.54) is 0 Å². The van der Waals surface area contributed by atoms with Crippen molar-refractivity contribution in [3.05, 3.63) is 80.7 Å². The summed E-state index contributed by atoms with van der Waals surface area (Å²) in [6, 6.07) is 19.4. The summed E-state index contributed by atoms with van der Waals surface area (Å²) in [6.45, 7) is -0.438. The summed E-state index contributed by atoms with van der Waals surface area (Å²) < 4.78 is 12.4. The summed E-state index contributed by atoms with van der Waals surface area (Å²) in [7, 11) is 0. The van der Waals surface area contributed by atoms with Gasteiger partial charge in [0.05, 0.1) is 10.7 Å². The van der Waals surface area contributed by atoms with Gasteiger partial charge in [0.25, 0.3) is 5.91 Å². The monoisotopic (exact) mass is 622 g/mol. The van der Waals surface area contributed by atoms with Crippen LogP contribution in [0.4, 0.5) is 11.4 Å². The summed E-state index contributed by atoms with van der Waals surface area (Å²) >= 11 is 12.7. The Bertz CT molecular complexity index is 1190. The number of hydrogen-bond acceptors (Lipinski definition) is 5. The molecule has 0 aliphatic rings. The number of halogens is 3. The number of ether oxygens (including phenoxy) is 2. The maximum atomic E-state index is 12.1. The quantitative estimate of drug-likeness (QED) is 0.238. The van der Waals surface area contributed by atoms with Crippen LogP contribution in [0, 0.1) is 0 Å². The van der Waals surface area contributed by atoms with E-state index in [4.69, 9.17) is 21.1 Å². The van der Waals surface area contributed by atoms with Crippen molar-refractivity contribution < 1.29 is 23.9 Å². The first-order chi connectivity index (χ1) is 16.8. The van der Waals surface area contributed by atoms with Crippen LogP contribution in [0.25, 0.3) is 0 Å². The molecule has 7 nitrogen and oxygen atoms in total. The first kappa shape index (κ1) is 26.7. The number of nitrogens with one attached hydrogen (secondary N) is 2. The van der Waals surface area contributed by atoms with Crippen molar-refractivity contribution in [3.63, 3.8) is 0 Å². The lowest BCUT2D eigenvalue weighted by atomic mass is 10.2. The molecule has 3 aromatic carbocycles. The number of carbonyl (C=O) groups excluding carboxylic acids is 3.